The van der Waals surface area contributed by atoms with Crippen molar-refractivity contribution in [2.24, 2.45) is 0 Å². The maximum Gasteiger partial charge on any atom is 0.335 e. The van der Waals surface area contributed by atoms with E-state index in [0.717, 1.165) is 11.3 Å². The van der Waals surface area contributed by atoms with Gasteiger partial charge in [0.2, 0.25) is 5.91 Å². The van der Waals surface area contributed by atoms with Gasteiger partial charge in [0.1, 0.15) is 11.5 Å². The van der Waals surface area contributed by atoms with Crippen LogP contribution in [-0.2, 0) is 4.79 Å². The van der Waals surface area contributed by atoms with E-state index in [1.54, 1.807) is 25.3 Å². The molecule has 24 heavy (non-hydrogen) atoms. The Morgan fingerprint density at radius 2 is 1.75 bits per heavy atom. The van der Waals surface area contributed by atoms with E-state index in [9.17, 15) is 9.59 Å². The Labute approximate surface area is 139 Å². The van der Waals surface area contributed by atoms with Crippen LogP contribution in [0.4, 0.5) is 5.69 Å². The summed E-state index contributed by atoms with van der Waals surface area (Å²) in [4.78, 5) is 23.1. The zero-order valence-electron chi connectivity index (χ0n) is 13.3. The zero-order valence-corrected chi connectivity index (χ0v) is 13.3. The molecule has 0 unspecified atom stereocenters. The van der Waals surface area contributed by atoms with Crippen molar-refractivity contribution in [2.75, 3.05) is 19.5 Å². The van der Waals surface area contributed by atoms with Crippen molar-refractivity contribution < 1.29 is 24.2 Å². The smallest absolute Gasteiger partial charge is 0.335 e. The molecule has 0 saturated heterocycles. The highest BCUT2D eigenvalue weighted by molar-refractivity contribution is 6.03. The summed E-state index contributed by atoms with van der Waals surface area (Å²) < 4.78 is 10.2. The quantitative estimate of drug-likeness (QED) is 0.797. The number of hydrogen-bond donors (Lipinski definition) is 2. The van der Waals surface area contributed by atoms with Gasteiger partial charge in [-0.2, -0.15) is 0 Å². The maximum absolute atomic E-state index is 12.0. The second-order valence-corrected chi connectivity index (χ2v) is 4.82. The van der Waals surface area contributed by atoms with Gasteiger partial charge in [-0.3, -0.25) is 4.79 Å². The van der Waals surface area contributed by atoms with Gasteiger partial charge in [-0.25, -0.2) is 4.79 Å². The van der Waals surface area contributed by atoms with Crippen LogP contribution in [0.1, 0.15) is 15.9 Å². The molecule has 2 aromatic rings. The first-order valence-electron chi connectivity index (χ1n) is 7.08. The summed E-state index contributed by atoms with van der Waals surface area (Å²) in [5.74, 6) is -0.369. The fourth-order valence-corrected chi connectivity index (χ4v) is 2.00. The molecule has 0 heterocycles. The molecule has 0 aliphatic rings. The Hall–Kier alpha value is -3.28. The number of aromatic carboxylic acids is 1. The van der Waals surface area contributed by atoms with Crippen LogP contribution in [-0.4, -0.2) is 31.2 Å². The lowest BCUT2D eigenvalue weighted by Crippen LogP contribution is -2.10. The summed E-state index contributed by atoms with van der Waals surface area (Å²) in [6.07, 6.45) is 3.00. The van der Waals surface area contributed by atoms with Crippen LogP contribution in [0.5, 0.6) is 11.5 Å². The van der Waals surface area contributed by atoms with Gasteiger partial charge in [0, 0.05) is 6.08 Å². The Morgan fingerprint density at radius 3 is 2.33 bits per heavy atom. The highest BCUT2D eigenvalue weighted by atomic mass is 16.5. The molecule has 0 aliphatic carbocycles. The van der Waals surface area contributed by atoms with Crippen LogP contribution in [0.2, 0.25) is 0 Å². The number of carboxylic acids is 1. The fourth-order valence-electron chi connectivity index (χ4n) is 2.00. The summed E-state index contributed by atoms with van der Waals surface area (Å²) in [7, 11) is 3.02. The average Bonchev–Trinajstić information content (AvgIpc) is 2.60. The lowest BCUT2D eigenvalue weighted by atomic mass is 10.1. The minimum Gasteiger partial charge on any atom is -0.497 e. The molecular weight excluding hydrogens is 310 g/mol. The number of carboxylic acid groups (broad SMARTS) is 1. The number of carbonyl (C=O) groups excluding carboxylic acids is 1. The van der Waals surface area contributed by atoms with Crippen molar-refractivity contribution in [1.29, 1.82) is 0 Å². The molecule has 0 fully saturated rings. The second kappa shape index (κ2) is 7.82. The average molecular weight is 327 g/mol. The number of ether oxygens (including phenoxy) is 2. The molecule has 2 aromatic carbocycles. The van der Waals surface area contributed by atoms with Crippen molar-refractivity contribution in [1.82, 2.24) is 0 Å². The third-order valence-electron chi connectivity index (χ3n) is 3.25. The molecule has 1 amide bonds. The monoisotopic (exact) mass is 327 g/mol. The van der Waals surface area contributed by atoms with E-state index in [4.69, 9.17) is 14.6 Å². The highest BCUT2D eigenvalue weighted by Gasteiger charge is 2.10. The summed E-state index contributed by atoms with van der Waals surface area (Å²) in [6.45, 7) is 0. The van der Waals surface area contributed by atoms with Gasteiger partial charge in [0.25, 0.3) is 0 Å². The van der Waals surface area contributed by atoms with Gasteiger partial charge in [-0.1, -0.05) is 12.1 Å². The molecule has 6 nitrogen and oxygen atoms in total. The summed E-state index contributed by atoms with van der Waals surface area (Å²) in [5, 5.41) is 11.6. The van der Waals surface area contributed by atoms with Gasteiger partial charge in [0.05, 0.1) is 25.5 Å². The summed E-state index contributed by atoms with van der Waals surface area (Å²) >= 11 is 0. The molecule has 0 saturated carbocycles. The molecule has 0 aliphatic heterocycles. The van der Waals surface area contributed by atoms with Crippen molar-refractivity contribution in [3.8, 4) is 11.5 Å². The van der Waals surface area contributed by atoms with Crippen LogP contribution < -0.4 is 14.8 Å². The van der Waals surface area contributed by atoms with Crippen molar-refractivity contribution >= 4 is 23.6 Å². The molecular formula is C18H17NO5. The highest BCUT2D eigenvalue weighted by Crippen LogP contribution is 2.25. The van der Waals surface area contributed by atoms with Crippen molar-refractivity contribution in [2.45, 2.75) is 0 Å². The van der Waals surface area contributed by atoms with Gasteiger partial charge in [-0.05, 0) is 42.0 Å². The van der Waals surface area contributed by atoms with Crippen LogP contribution in [0.3, 0.4) is 0 Å². The molecule has 124 valence electrons. The van der Waals surface area contributed by atoms with Gasteiger partial charge < -0.3 is 19.9 Å². The summed E-state index contributed by atoms with van der Waals surface area (Å²) in [5.41, 5.74) is 1.18. The number of amides is 1. The Balaban J connectivity index is 2.12. The van der Waals surface area contributed by atoms with E-state index in [1.165, 1.54) is 31.4 Å². The Morgan fingerprint density at radius 1 is 1.04 bits per heavy atom. The van der Waals surface area contributed by atoms with E-state index in [-0.39, 0.29) is 5.56 Å². The largest absolute Gasteiger partial charge is 0.497 e. The molecule has 2 rings (SSSR count). The normalized spacial score (nSPS) is 10.4. The Bertz CT molecular complexity index is 765. The van der Waals surface area contributed by atoms with E-state index >= 15 is 0 Å². The lowest BCUT2D eigenvalue weighted by Gasteiger charge is -2.09. The van der Waals surface area contributed by atoms with Crippen LogP contribution in [0, 0.1) is 0 Å². The molecule has 6 heteroatoms. The van der Waals surface area contributed by atoms with E-state index in [2.05, 4.69) is 5.32 Å². The number of methoxy groups -OCH3 is 2. The first-order chi connectivity index (χ1) is 11.5. The predicted molar refractivity (Wildman–Crippen MR) is 90.6 cm³/mol. The maximum atomic E-state index is 12.0. The number of carbonyl (C=O) groups is 2. The second-order valence-electron chi connectivity index (χ2n) is 4.82. The first kappa shape index (κ1) is 17.1. The number of rotatable bonds is 6. The fraction of sp³-hybridized carbons (Fsp3) is 0.111. The van der Waals surface area contributed by atoms with E-state index in [1.807, 2.05) is 12.1 Å². The van der Waals surface area contributed by atoms with Crippen LogP contribution in [0.15, 0.2) is 48.5 Å². The topological polar surface area (TPSA) is 84.9 Å². The number of anilines is 1. The minimum absolute atomic E-state index is 0.0604. The zero-order chi connectivity index (χ0) is 17.5. The molecule has 0 atom stereocenters. The number of hydrogen-bond acceptors (Lipinski definition) is 4. The van der Waals surface area contributed by atoms with Crippen molar-refractivity contribution in [3.05, 3.63) is 59.7 Å². The Kier molecular flexibility index (Phi) is 5.57. The van der Waals surface area contributed by atoms with Crippen LogP contribution >= 0.6 is 0 Å². The van der Waals surface area contributed by atoms with E-state index in [0.29, 0.717) is 11.4 Å². The molecule has 0 spiro atoms. The predicted octanol–water partition coefficient (Wildman–Crippen LogP) is 3.05. The minimum atomic E-state index is -1.08. The van der Waals surface area contributed by atoms with Gasteiger partial charge in [0.15, 0.2) is 0 Å². The molecule has 0 radical (unpaired) electrons. The first-order valence-corrected chi connectivity index (χ1v) is 7.08. The molecule has 0 aromatic heterocycles. The third-order valence-corrected chi connectivity index (χ3v) is 3.25. The summed E-state index contributed by atoms with van der Waals surface area (Å²) in [6, 6.07) is 11.5. The number of nitrogens with one attached hydrogen (secondary N) is 1. The van der Waals surface area contributed by atoms with Crippen LogP contribution in [0.25, 0.3) is 6.08 Å². The lowest BCUT2D eigenvalue weighted by molar-refractivity contribution is -0.111. The molecule has 2 N–H and O–H groups in total. The number of benzene rings is 2. The molecule has 0 bridgehead atoms. The van der Waals surface area contributed by atoms with E-state index < -0.39 is 11.9 Å². The SMILES string of the molecule is COc1ccc(/C=C/C(=O)Nc2cc(C(=O)O)ccc2OC)cc1. The van der Waals surface area contributed by atoms with Crippen molar-refractivity contribution in [3.63, 3.8) is 0 Å². The van der Waals surface area contributed by atoms with Gasteiger partial charge in [-0.15, -0.1) is 0 Å². The standard InChI is InChI=1S/C18H17NO5/c1-23-14-7-3-12(4-8-14)5-10-17(20)19-15-11-13(18(21)22)6-9-16(15)24-2/h3-11H,1-2H3,(H,19,20)(H,21,22)/b10-5+. The van der Waals surface area contributed by atoms with Gasteiger partial charge >= 0.3 is 5.97 Å². The third kappa shape index (κ3) is 4.36.